The minimum atomic E-state index is 0.851. The van der Waals surface area contributed by atoms with Crippen LogP contribution in [0.25, 0.3) is 95.2 Å². The van der Waals surface area contributed by atoms with Crippen molar-refractivity contribution >= 4 is 67.8 Å². The van der Waals surface area contributed by atoms with Crippen LogP contribution in [0.4, 0.5) is 0 Å². The van der Waals surface area contributed by atoms with Gasteiger partial charge in [0.1, 0.15) is 22.6 Å². The van der Waals surface area contributed by atoms with Gasteiger partial charge in [-0.25, -0.2) is 9.97 Å². The van der Waals surface area contributed by atoms with Crippen molar-refractivity contribution in [3.63, 3.8) is 0 Å². The molecule has 5 heteroatoms. The summed E-state index contributed by atoms with van der Waals surface area (Å²) >= 11 is 1.82. The zero-order chi connectivity index (χ0) is 34.9. The Bertz CT molecular complexity index is 3100. The summed E-state index contributed by atoms with van der Waals surface area (Å²) in [6.07, 6.45) is 8.33. The fourth-order valence-corrected chi connectivity index (χ4v) is 8.97. The molecule has 0 saturated carbocycles. The van der Waals surface area contributed by atoms with E-state index in [0.29, 0.717) is 0 Å². The van der Waals surface area contributed by atoms with E-state index in [1.54, 1.807) is 0 Å². The van der Waals surface area contributed by atoms with Crippen LogP contribution in [0.5, 0.6) is 0 Å². The normalized spacial score (nSPS) is 12.4. The van der Waals surface area contributed by atoms with Crippen LogP contribution in [-0.2, 0) is 0 Å². The maximum Gasteiger partial charge on any atom is 0.146 e. The predicted molar refractivity (Wildman–Crippen MR) is 219 cm³/mol. The summed E-state index contributed by atoms with van der Waals surface area (Å²) in [6, 6.07) is 53.8. The number of nitrogens with zero attached hydrogens (tertiary/aromatic N) is 3. The van der Waals surface area contributed by atoms with Crippen molar-refractivity contribution in [1.82, 2.24) is 14.5 Å². The molecule has 6 aromatic carbocycles. The van der Waals surface area contributed by atoms with E-state index < -0.39 is 0 Å². The summed E-state index contributed by atoms with van der Waals surface area (Å²) in [5, 5.41) is 4.48. The summed E-state index contributed by atoms with van der Waals surface area (Å²) in [5.41, 5.74) is 12.9. The van der Waals surface area contributed by atoms with Crippen molar-refractivity contribution in [2.45, 2.75) is 9.79 Å². The molecule has 0 aliphatic carbocycles. The van der Waals surface area contributed by atoms with Crippen LogP contribution in [-0.4, -0.2) is 14.5 Å². The number of fused-ring (bicyclic) bond motifs is 12. The second-order valence-electron chi connectivity index (χ2n) is 13.4. The minimum Gasteiger partial charge on any atom is -0.456 e. The van der Waals surface area contributed by atoms with Crippen LogP contribution in [0, 0.1) is 0 Å². The molecule has 0 amide bonds. The molecule has 0 fully saturated rings. The Morgan fingerprint density at radius 3 is 2.15 bits per heavy atom. The number of furan rings is 1. The number of para-hydroxylation sites is 2. The lowest BCUT2D eigenvalue weighted by atomic mass is 9.93. The molecule has 1 aliphatic rings. The molecular weight excluding hydrogens is 667 g/mol. The van der Waals surface area contributed by atoms with Crippen LogP contribution in [0.1, 0.15) is 11.1 Å². The van der Waals surface area contributed by atoms with Crippen LogP contribution in [0.15, 0.2) is 178 Å². The van der Waals surface area contributed by atoms with E-state index in [1.165, 1.54) is 26.5 Å². The summed E-state index contributed by atoms with van der Waals surface area (Å²) < 4.78 is 8.65. The smallest absolute Gasteiger partial charge is 0.146 e. The molecule has 4 aromatic heterocycles. The standard InChI is InChI=1S/C48H29N3OS/c1-2-12-34-30(11-1)20-21-31-22-23-32(33-26-41-35-13-3-6-16-42(35)51(48(41)50-29-33)47-19-9-10-24-49-47)25-38(31)40-27-44-39(36-14-4-7-17-43(36)52-44)28-46(40)53-45-18-8-5-15-37(34)45/h1-29H. The van der Waals surface area contributed by atoms with Gasteiger partial charge in [-0.05, 0) is 93.5 Å². The molecule has 0 spiro atoms. The maximum absolute atomic E-state index is 6.50. The first-order valence-electron chi connectivity index (χ1n) is 17.7. The molecule has 4 nitrogen and oxygen atoms in total. The van der Waals surface area contributed by atoms with Gasteiger partial charge in [0.15, 0.2) is 0 Å². The summed E-state index contributed by atoms with van der Waals surface area (Å²) in [4.78, 5) is 12.2. The maximum atomic E-state index is 6.50. The predicted octanol–water partition coefficient (Wildman–Crippen LogP) is 13.1. The lowest BCUT2D eigenvalue weighted by Gasteiger charge is -2.16. The van der Waals surface area contributed by atoms with Crippen molar-refractivity contribution in [2.24, 2.45) is 0 Å². The van der Waals surface area contributed by atoms with Gasteiger partial charge in [-0.15, -0.1) is 0 Å². The topological polar surface area (TPSA) is 43.9 Å². The van der Waals surface area contributed by atoms with Crippen LogP contribution in [0.2, 0.25) is 0 Å². The number of hydrogen-bond acceptors (Lipinski definition) is 4. The van der Waals surface area contributed by atoms with E-state index in [0.717, 1.165) is 77.5 Å². The number of aromatic nitrogens is 3. The molecule has 10 aromatic rings. The first kappa shape index (κ1) is 30.0. The van der Waals surface area contributed by atoms with Crippen LogP contribution >= 0.6 is 11.8 Å². The summed E-state index contributed by atoms with van der Waals surface area (Å²) in [6.45, 7) is 0. The average Bonchev–Trinajstić information content (AvgIpc) is 3.74. The molecule has 0 atom stereocenters. The quantitative estimate of drug-likeness (QED) is 0.181. The Hall–Kier alpha value is -6.69. The zero-order valence-electron chi connectivity index (χ0n) is 28.4. The molecule has 53 heavy (non-hydrogen) atoms. The Morgan fingerprint density at radius 2 is 1.25 bits per heavy atom. The third kappa shape index (κ3) is 4.85. The fourth-order valence-electron chi connectivity index (χ4n) is 7.84. The third-order valence-electron chi connectivity index (χ3n) is 10.3. The van der Waals surface area contributed by atoms with E-state index in [1.807, 2.05) is 48.4 Å². The van der Waals surface area contributed by atoms with Gasteiger partial charge in [0.2, 0.25) is 0 Å². The van der Waals surface area contributed by atoms with Crippen LogP contribution in [0.3, 0.4) is 0 Å². The van der Waals surface area contributed by atoms with E-state index in [4.69, 9.17) is 9.40 Å². The zero-order valence-corrected chi connectivity index (χ0v) is 29.2. The van der Waals surface area contributed by atoms with Gasteiger partial charge >= 0.3 is 0 Å². The molecule has 0 radical (unpaired) electrons. The first-order chi connectivity index (χ1) is 26.3. The first-order valence-corrected chi connectivity index (χ1v) is 18.5. The van der Waals surface area contributed by atoms with Crippen molar-refractivity contribution < 1.29 is 4.42 Å². The SMILES string of the molecule is C1=Cc2ccc(-c3cnc4c(c3)c3ccccc3n4-c3ccccn3)cc2-c2cc3oc4ccccc4c3cc2Sc2ccccc2-c2ccccc21. The second kappa shape index (κ2) is 11.9. The van der Waals surface area contributed by atoms with Crippen molar-refractivity contribution in [1.29, 1.82) is 0 Å². The summed E-state index contributed by atoms with van der Waals surface area (Å²) in [7, 11) is 0. The molecule has 11 rings (SSSR count). The van der Waals surface area contributed by atoms with Crippen molar-refractivity contribution in [3.05, 3.63) is 175 Å². The van der Waals surface area contributed by atoms with Crippen LogP contribution < -0.4 is 0 Å². The molecule has 5 heterocycles. The number of benzene rings is 6. The average molecular weight is 696 g/mol. The van der Waals surface area contributed by atoms with Gasteiger partial charge in [0.05, 0.1) is 5.52 Å². The number of hydrogen-bond donors (Lipinski definition) is 0. The van der Waals surface area contributed by atoms with Gasteiger partial charge < -0.3 is 4.42 Å². The van der Waals surface area contributed by atoms with E-state index >= 15 is 0 Å². The van der Waals surface area contributed by atoms with Crippen molar-refractivity contribution in [3.8, 4) is 39.2 Å². The molecular formula is C48H29N3OS. The highest BCUT2D eigenvalue weighted by Gasteiger charge is 2.20. The van der Waals surface area contributed by atoms with E-state index in [-0.39, 0.29) is 0 Å². The van der Waals surface area contributed by atoms with E-state index in [2.05, 4.69) is 149 Å². The number of pyridine rings is 2. The highest BCUT2D eigenvalue weighted by atomic mass is 32.2. The lowest BCUT2D eigenvalue weighted by Crippen LogP contribution is -1.97. The molecule has 1 aliphatic heterocycles. The highest BCUT2D eigenvalue weighted by molar-refractivity contribution is 7.99. The Balaban J connectivity index is 1.16. The highest BCUT2D eigenvalue weighted by Crippen LogP contribution is 2.47. The van der Waals surface area contributed by atoms with Gasteiger partial charge in [0, 0.05) is 49.3 Å². The largest absolute Gasteiger partial charge is 0.456 e. The Labute approximate surface area is 309 Å². The minimum absolute atomic E-state index is 0.851. The fraction of sp³-hybridized carbons (Fsp3) is 0. The molecule has 0 bridgehead atoms. The summed E-state index contributed by atoms with van der Waals surface area (Å²) in [5.74, 6) is 0.851. The third-order valence-corrected chi connectivity index (χ3v) is 11.5. The second-order valence-corrected chi connectivity index (χ2v) is 14.5. The number of rotatable bonds is 2. The molecule has 248 valence electrons. The van der Waals surface area contributed by atoms with E-state index in [9.17, 15) is 0 Å². The van der Waals surface area contributed by atoms with Gasteiger partial charge in [-0.3, -0.25) is 4.57 Å². The molecule has 0 saturated heterocycles. The monoisotopic (exact) mass is 695 g/mol. The van der Waals surface area contributed by atoms with Crippen molar-refractivity contribution in [2.75, 3.05) is 0 Å². The Morgan fingerprint density at radius 1 is 0.472 bits per heavy atom. The molecule has 0 unspecified atom stereocenters. The van der Waals surface area contributed by atoms with Gasteiger partial charge in [-0.1, -0.05) is 121 Å². The lowest BCUT2D eigenvalue weighted by molar-refractivity contribution is 0.669. The Kier molecular flexibility index (Phi) is 6.76. The van der Waals surface area contributed by atoms with Gasteiger partial charge in [0.25, 0.3) is 0 Å². The molecule has 0 N–H and O–H groups in total. The van der Waals surface area contributed by atoms with Gasteiger partial charge in [-0.2, -0.15) is 0 Å².